The van der Waals surface area contributed by atoms with Gasteiger partial charge in [0.25, 0.3) is 5.91 Å². The van der Waals surface area contributed by atoms with Crippen LogP contribution in [0, 0.1) is 6.92 Å². The minimum absolute atomic E-state index is 0.0282. The van der Waals surface area contributed by atoms with Gasteiger partial charge < -0.3 is 16.0 Å². The molecule has 2 aromatic rings. The van der Waals surface area contributed by atoms with Gasteiger partial charge in [0.2, 0.25) is 0 Å². The zero-order valence-electron chi connectivity index (χ0n) is 14.4. The zero-order chi connectivity index (χ0) is 20.0. The fraction of sp³-hybridized carbons (Fsp3) is 0.167. The van der Waals surface area contributed by atoms with Gasteiger partial charge in [0.15, 0.2) is 0 Å². The van der Waals surface area contributed by atoms with E-state index in [1.807, 2.05) is 0 Å². The predicted octanol–water partition coefficient (Wildman–Crippen LogP) is 3.97. The molecule has 3 amide bonds. The third kappa shape index (κ3) is 5.56. The van der Waals surface area contributed by atoms with E-state index in [1.165, 1.54) is 13.0 Å². The Kier molecular flexibility index (Phi) is 6.17. The molecule has 0 aliphatic heterocycles. The highest BCUT2D eigenvalue weighted by Crippen LogP contribution is 2.28. The van der Waals surface area contributed by atoms with Gasteiger partial charge in [-0.3, -0.25) is 4.79 Å². The Morgan fingerprint density at radius 1 is 1.07 bits per heavy atom. The number of aryl methyl sites for hydroxylation is 1. The molecule has 27 heavy (non-hydrogen) atoms. The van der Waals surface area contributed by atoms with Crippen molar-refractivity contribution in [2.45, 2.75) is 13.1 Å². The van der Waals surface area contributed by atoms with Crippen LogP contribution in [0.15, 0.2) is 49.1 Å². The van der Waals surface area contributed by atoms with E-state index >= 15 is 0 Å². The Bertz CT molecular complexity index is 849. The van der Waals surface area contributed by atoms with Gasteiger partial charge in [-0.15, -0.1) is 6.58 Å². The fourth-order valence-corrected chi connectivity index (χ4v) is 2.13. The van der Waals surface area contributed by atoms with E-state index in [0.717, 1.165) is 12.1 Å². The lowest BCUT2D eigenvalue weighted by Crippen LogP contribution is -2.28. The van der Waals surface area contributed by atoms with E-state index in [0.29, 0.717) is 17.9 Å². The van der Waals surface area contributed by atoms with E-state index in [9.17, 15) is 22.8 Å². The van der Waals surface area contributed by atoms with Crippen molar-refractivity contribution in [3.63, 3.8) is 0 Å². The van der Waals surface area contributed by atoms with E-state index in [1.54, 1.807) is 24.3 Å². The molecule has 6 nitrogen and oxygen atoms in total. The van der Waals surface area contributed by atoms with Crippen LogP contribution in [0.3, 0.4) is 0 Å². The van der Waals surface area contributed by atoms with Crippen LogP contribution in [-0.2, 0) is 6.18 Å². The van der Waals surface area contributed by atoms with Crippen LogP contribution in [-0.4, -0.2) is 23.5 Å². The maximum Gasteiger partial charge on any atom is 0.433 e. The summed E-state index contributed by atoms with van der Waals surface area (Å²) in [6, 6.07) is 7.68. The highest BCUT2D eigenvalue weighted by atomic mass is 19.4. The molecule has 0 unspecified atom stereocenters. The maximum atomic E-state index is 12.6. The number of aromatic nitrogens is 1. The number of amides is 3. The number of halogens is 3. The van der Waals surface area contributed by atoms with Crippen molar-refractivity contribution in [3.05, 3.63) is 66.0 Å². The maximum absolute atomic E-state index is 12.6. The van der Waals surface area contributed by atoms with Crippen LogP contribution in [0.1, 0.15) is 21.7 Å². The average molecular weight is 378 g/mol. The molecule has 0 aliphatic rings. The molecule has 2 rings (SSSR count). The van der Waals surface area contributed by atoms with Gasteiger partial charge in [-0.1, -0.05) is 6.08 Å². The molecule has 0 radical (unpaired) electrons. The topological polar surface area (TPSA) is 83.1 Å². The standard InChI is InChI=1S/C18H17F3N4O2/c1-3-10-22-17(27)25-13-6-4-12(5-7-13)24-16(26)14-8-9-15(18(19,20)21)23-11(14)2/h3-9H,1,10H2,2H3,(H,24,26)(H2,22,25,27). The summed E-state index contributed by atoms with van der Waals surface area (Å²) in [5.41, 5.74) is -0.131. The third-order valence-electron chi connectivity index (χ3n) is 3.43. The van der Waals surface area contributed by atoms with Crippen molar-refractivity contribution in [1.29, 1.82) is 0 Å². The first-order chi connectivity index (χ1) is 12.7. The first-order valence-electron chi connectivity index (χ1n) is 7.82. The minimum atomic E-state index is -4.57. The van der Waals surface area contributed by atoms with Gasteiger partial charge in [-0.25, -0.2) is 9.78 Å². The summed E-state index contributed by atoms with van der Waals surface area (Å²) < 4.78 is 37.9. The van der Waals surface area contributed by atoms with Crippen LogP contribution in [0.4, 0.5) is 29.3 Å². The molecule has 1 heterocycles. The van der Waals surface area contributed by atoms with E-state index in [4.69, 9.17) is 0 Å². The minimum Gasteiger partial charge on any atom is -0.334 e. The van der Waals surface area contributed by atoms with Crippen molar-refractivity contribution >= 4 is 23.3 Å². The van der Waals surface area contributed by atoms with Gasteiger partial charge in [0.05, 0.1) is 11.3 Å². The van der Waals surface area contributed by atoms with Crippen LogP contribution in [0.2, 0.25) is 0 Å². The predicted molar refractivity (Wildman–Crippen MR) is 95.6 cm³/mol. The van der Waals surface area contributed by atoms with Gasteiger partial charge >= 0.3 is 12.2 Å². The number of benzene rings is 1. The first-order valence-corrected chi connectivity index (χ1v) is 7.82. The summed E-state index contributed by atoms with van der Waals surface area (Å²) in [6.07, 6.45) is -3.03. The number of hydrogen-bond donors (Lipinski definition) is 3. The second-order valence-electron chi connectivity index (χ2n) is 5.48. The molecule has 0 spiro atoms. The monoisotopic (exact) mass is 378 g/mol. The van der Waals surface area contributed by atoms with E-state index in [2.05, 4.69) is 27.5 Å². The molecule has 0 saturated heterocycles. The van der Waals surface area contributed by atoms with E-state index < -0.39 is 23.8 Å². The Morgan fingerprint density at radius 2 is 1.67 bits per heavy atom. The Labute approximate surface area is 153 Å². The van der Waals surface area contributed by atoms with Gasteiger partial charge in [0.1, 0.15) is 5.69 Å². The number of urea groups is 1. The van der Waals surface area contributed by atoms with Crippen molar-refractivity contribution in [1.82, 2.24) is 10.3 Å². The summed E-state index contributed by atoms with van der Waals surface area (Å²) in [6.45, 7) is 5.14. The number of pyridine rings is 1. The molecular formula is C18H17F3N4O2. The number of hydrogen-bond acceptors (Lipinski definition) is 3. The third-order valence-corrected chi connectivity index (χ3v) is 3.43. The Hall–Kier alpha value is -3.36. The molecule has 0 saturated carbocycles. The number of nitrogens with zero attached hydrogens (tertiary/aromatic N) is 1. The molecule has 1 aromatic heterocycles. The Morgan fingerprint density at radius 3 is 2.19 bits per heavy atom. The van der Waals surface area contributed by atoms with Crippen molar-refractivity contribution in [2.75, 3.05) is 17.2 Å². The van der Waals surface area contributed by atoms with Gasteiger partial charge in [-0.05, 0) is 43.3 Å². The normalized spacial score (nSPS) is 10.8. The quantitative estimate of drug-likeness (QED) is 0.689. The number of carbonyl (C=O) groups is 2. The summed E-state index contributed by atoms with van der Waals surface area (Å²) in [4.78, 5) is 27.2. The molecule has 142 valence electrons. The van der Waals surface area contributed by atoms with Crippen LogP contribution in [0.5, 0.6) is 0 Å². The zero-order valence-corrected chi connectivity index (χ0v) is 14.4. The number of alkyl halides is 3. The lowest BCUT2D eigenvalue weighted by molar-refractivity contribution is -0.141. The molecule has 1 aromatic carbocycles. The number of nitrogens with one attached hydrogen (secondary N) is 3. The lowest BCUT2D eigenvalue weighted by Gasteiger charge is -2.11. The highest BCUT2D eigenvalue weighted by molar-refractivity contribution is 6.05. The summed E-state index contributed by atoms with van der Waals surface area (Å²) >= 11 is 0. The molecule has 9 heteroatoms. The van der Waals surface area contributed by atoms with Gasteiger partial charge in [-0.2, -0.15) is 13.2 Å². The second-order valence-corrected chi connectivity index (χ2v) is 5.48. The van der Waals surface area contributed by atoms with Crippen molar-refractivity contribution < 1.29 is 22.8 Å². The largest absolute Gasteiger partial charge is 0.433 e. The highest BCUT2D eigenvalue weighted by Gasteiger charge is 2.33. The van der Waals surface area contributed by atoms with Crippen molar-refractivity contribution in [2.24, 2.45) is 0 Å². The molecule has 0 aliphatic carbocycles. The molecule has 0 bridgehead atoms. The summed E-state index contributed by atoms with van der Waals surface area (Å²) in [5.74, 6) is -0.585. The summed E-state index contributed by atoms with van der Waals surface area (Å²) in [5, 5.41) is 7.71. The number of carbonyl (C=O) groups excluding carboxylic acids is 2. The smallest absolute Gasteiger partial charge is 0.334 e. The van der Waals surface area contributed by atoms with Crippen LogP contribution >= 0.6 is 0 Å². The molecule has 0 atom stereocenters. The lowest BCUT2D eigenvalue weighted by atomic mass is 10.1. The van der Waals surface area contributed by atoms with Crippen LogP contribution in [0.25, 0.3) is 0 Å². The average Bonchev–Trinajstić information content (AvgIpc) is 2.60. The summed E-state index contributed by atoms with van der Waals surface area (Å²) in [7, 11) is 0. The first kappa shape index (κ1) is 20.0. The Balaban J connectivity index is 2.03. The number of anilines is 2. The van der Waals surface area contributed by atoms with Gasteiger partial charge in [0, 0.05) is 17.9 Å². The molecule has 3 N–H and O–H groups in total. The second kappa shape index (κ2) is 8.35. The van der Waals surface area contributed by atoms with E-state index in [-0.39, 0.29) is 11.3 Å². The molecular weight excluding hydrogens is 361 g/mol. The van der Waals surface area contributed by atoms with Crippen molar-refractivity contribution in [3.8, 4) is 0 Å². The molecule has 0 fully saturated rings. The number of rotatable bonds is 5. The SMILES string of the molecule is C=CCNC(=O)Nc1ccc(NC(=O)c2ccc(C(F)(F)F)nc2C)cc1. The van der Waals surface area contributed by atoms with Crippen LogP contribution < -0.4 is 16.0 Å². The fourth-order valence-electron chi connectivity index (χ4n) is 2.13.